The van der Waals surface area contributed by atoms with Crippen LogP contribution in [0.4, 0.5) is 5.69 Å². The Bertz CT molecular complexity index is 637. The van der Waals surface area contributed by atoms with E-state index in [1.807, 2.05) is 31.2 Å². The minimum Gasteiger partial charge on any atom is -0.451 e. The van der Waals surface area contributed by atoms with Crippen LogP contribution in [0.5, 0.6) is 0 Å². The van der Waals surface area contributed by atoms with Gasteiger partial charge in [0.05, 0.1) is 5.57 Å². The Morgan fingerprint density at radius 3 is 2.36 bits per heavy atom. The highest BCUT2D eigenvalue weighted by molar-refractivity contribution is 6.12. The zero-order chi connectivity index (χ0) is 15.7. The molecule has 1 aromatic rings. The van der Waals surface area contributed by atoms with Crippen molar-refractivity contribution in [2.75, 3.05) is 5.32 Å². The van der Waals surface area contributed by atoms with Crippen LogP contribution < -0.4 is 5.32 Å². The molecule has 0 unspecified atom stereocenters. The van der Waals surface area contributed by atoms with Gasteiger partial charge in [0.1, 0.15) is 5.60 Å². The summed E-state index contributed by atoms with van der Waals surface area (Å²) in [5, 5.41) is 2.90. The first-order valence-electron chi connectivity index (χ1n) is 7.84. The number of hydrogen-bond acceptors (Lipinski definition) is 3. The average Bonchev–Trinajstić information content (AvgIpc) is 2.73. The molecule has 0 bridgehead atoms. The molecule has 1 amide bonds. The molecule has 22 heavy (non-hydrogen) atoms. The van der Waals surface area contributed by atoms with Crippen LogP contribution in [-0.2, 0) is 14.3 Å². The summed E-state index contributed by atoms with van der Waals surface area (Å²) < 4.78 is 5.62. The highest BCUT2D eigenvalue weighted by Crippen LogP contribution is 2.44. The molecule has 0 atom stereocenters. The van der Waals surface area contributed by atoms with E-state index in [2.05, 4.69) is 5.32 Å². The Hall–Kier alpha value is -2.10. The minimum atomic E-state index is -0.700. The first-order chi connectivity index (χ1) is 10.5. The van der Waals surface area contributed by atoms with E-state index in [1.54, 1.807) is 6.92 Å². The molecule has 1 fully saturated rings. The van der Waals surface area contributed by atoms with E-state index in [0.717, 1.165) is 43.4 Å². The van der Waals surface area contributed by atoms with Crippen LogP contribution in [0.15, 0.2) is 35.4 Å². The van der Waals surface area contributed by atoms with Gasteiger partial charge < -0.3 is 10.1 Å². The normalized spacial score (nSPS) is 20.2. The molecule has 4 heteroatoms. The first kappa shape index (κ1) is 14.8. The van der Waals surface area contributed by atoms with Crippen molar-refractivity contribution >= 4 is 17.6 Å². The molecular formula is C18H21NO3. The monoisotopic (exact) mass is 299 g/mol. The molecule has 1 heterocycles. The molecule has 4 nitrogen and oxygen atoms in total. The molecule has 1 N–H and O–H groups in total. The molecule has 0 radical (unpaired) electrons. The maximum absolute atomic E-state index is 12.7. The van der Waals surface area contributed by atoms with Gasteiger partial charge in [-0.2, -0.15) is 0 Å². The second kappa shape index (κ2) is 5.59. The second-order valence-corrected chi connectivity index (χ2v) is 6.26. The van der Waals surface area contributed by atoms with Crippen LogP contribution in [0.3, 0.4) is 0 Å². The number of hydrogen-bond donors (Lipinski definition) is 1. The lowest BCUT2D eigenvalue weighted by Gasteiger charge is -2.34. The second-order valence-electron chi connectivity index (χ2n) is 6.26. The molecule has 1 saturated carbocycles. The molecule has 3 rings (SSSR count). The Kier molecular flexibility index (Phi) is 3.77. The topological polar surface area (TPSA) is 55.4 Å². The zero-order valence-electron chi connectivity index (χ0n) is 13.1. The van der Waals surface area contributed by atoms with E-state index in [9.17, 15) is 9.59 Å². The number of benzene rings is 1. The van der Waals surface area contributed by atoms with Gasteiger partial charge in [-0.05, 0) is 51.7 Å². The SMILES string of the molecule is CC1=C(C(=O)Nc2ccc(C)cc2)C2(CCCCC2)OC1=O. The molecular weight excluding hydrogens is 278 g/mol. The quantitative estimate of drug-likeness (QED) is 0.850. The first-order valence-corrected chi connectivity index (χ1v) is 7.84. The van der Waals surface area contributed by atoms with Gasteiger partial charge in [0, 0.05) is 11.3 Å². The van der Waals surface area contributed by atoms with Gasteiger partial charge in [-0.3, -0.25) is 4.79 Å². The maximum atomic E-state index is 12.7. The fourth-order valence-corrected chi connectivity index (χ4v) is 3.43. The minimum absolute atomic E-state index is 0.214. The summed E-state index contributed by atoms with van der Waals surface area (Å²) in [7, 11) is 0. The van der Waals surface area contributed by atoms with Crippen molar-refractivity contribution in [3.05, 3.63) is 41.0 Å². The summed E-state index contributed by atoms with van der Waals surface area (Å²) in [6, 6.07) is 7.63. The number of carbonyl (C=O) groups excluding carboxylic acids is 2. The number of esters is 1. The summed E-state index contributed by atoms with van der Waals surface area (Å²) in [5.41, 5.74) is 2.15. The van der Waals surface area contributed by atoms with Crippen molar-refractivity contribution in [1.29, 1.82) is 0 Å². The van der Waals surface area contributed by atoms with Gasteiger partial charge in [-0.15, -0.1) is 0 Å². The molecule has 1 aliphatic heterocycles. The molecule has 1 aliphatic carbocycles. The van der Waals surface area contributed by atoms with Crippen LogP contribution in [0.1, 0.15) is 44.6 Å². The number of aryl methyl sites for hydroxylation is 1. The van der Waals surface area contributed by atoms with Gasteiger partial charge in [-0.1, -0.05) is 24.1 Å². The van der Waals surface area contributed by atoms with E-state index in [1.165, 1.54) is 0 Å². The predicted molar refractivity (Wildman–Crippen MR) is 84.4 cm³/mol. The number of rotatable bonds is 2. The number of ether oxygens (including phenoxy) is 1. The Balaban J connectivity index is 1.88. The molecule has 1 spiro atoms. The lowest BCUT2D eigenvalue weighted by Crippen LogP contribution is -2.39. The van der Waals surface area contributed by atoms with E-state index in [-0.39, 0.29) is 11.9 Å². The fraction of sp³-hybridized carbons (Fsp3) is 0.444. The highest BCUT2D eigenvalue weighted by atomic mass is 16.6. The number of amides is 1. The third-order valence-electron chi connectivity index (χ3n) is 4.62. The van der Waals surface area contributed by atoms with Gasteiger partial charge in [-0.25, -0.2) is 4.79 Å². The van der Waals surface area contributed by atoms with Crippen molar-refractivity contribution < 1.29 is 14.3 Å². The number of nitrogens with one attached hydrogen (secondary N) is 1. The standard InChI is InChI=1S/C18H21NO3/c1-12-6-8-14(9-7-12)19-16(20)15-13(2)17(21)22-18(15)10-4-3-5-11-18/h6-9H,3-5,10-11H2,1-2H3,(H,19,20). The van der Waals surface area contributed by atoms with Crippen molar-refractivity contribution in [2.24, 2.45) is 0 Å². The van der Waals surface area contributed by atoms with Crippen LogP contribution in [0.2, 0.25) is 0 Å². The van der Waals surface area contributed by atoms with Crippen LogP contribution in [0.25, 0.3) is 0 Å². The Morgan fingerprint density at radius 2 is 1.73 bits per heavy atom. The van der Waals surface area contributed by atoms with Crippen molar-refractivity contribution in [1.82, 2.24) is 0 Å². The van der Waals surface area contributed by atoms with Gasteiger partial charge in [0.15, 0.2) is 0 Å². The van der Waals surface area contributed by atoms with Gasteiger partial charge >= 0.3 is 5.97 Å². The lowest BCUT2D eigenvalue weighted by molar-refractivity contribution is -0.149. The molecule has 0 saturated heterocycles. The molecule has 1 aromatic carbocycles. The summed E-state index contributed by atoms with van der Waals surface area (Å²) >= 11 is 0. The summed E-state index contributed by atoms with van der Waals surface area (Å²) in [4.78, 5) is 24.7. The predicted octanol–water partition coefficient (Wildman–Crippen LogP) is 3.51. The zero-order valence-corrected chi connectivity index (χ0v) is 13.1. The highest BCUT2D eigenvalue weighted by Gasteiger charge is 2.49. The Labute approximate surface area is 130 Å². The summed E-state index contributed by atoms with van der Waals surface area (Å²) in [6.07, 6.45) is 4.59. The van der Waals surface area contributed by atoms with E-state index in [0.29, 0.717) is 11.1 Å². The molecule has 116 valence electrons. The maximum Gasteiger partial charge on any atom is 0.335 e. The van der Waals surface area contributed by atoms with E-state index < -0.39 is 5.60 Å². The summed E-state index contributed by atoms with van der Waals surface area (Å²) in [5.74, 6) is -0.565. The fourth-order valence-electron chi connectivity index (χ4n) is 3.43. The van der Waals surface area contributed by atoms with E-state index in [4.69, 9.17) is 4.74 Å². The van der Waals surface area contributed by atoms with E-state index >= 15 is 0 Å². The molecule has 2 aliphatic rings. The average molecular weight is 299 g/mol. The number of carbonyl (C=O) groups is 2. The van der Waals surface area contributed by atoms with Crippen molar-refractivity contribution in [3.8, 4) is 0 Å². The lowest BCUT2D eigenvalue weighted by atomic mass is 9.78. The summed E-state index contributed by atoms with van der Waals surface area (Å²) in [6.45, 7) is 3.69. The van der Waals surface area contributed by atoms with Crippen LogP contribution in [-0.4, -0.2) is 17.5 Å². The smallest absolute Gasteiger partial charge is 0.335 e. The Morgan fingerprint density at radius 1 is 1.09 bits per heavy atom. The van der Waals surface area contributed by atoms with Gasteiger partial charge in [0.2, 0.25) is 0 Å². The van der Waals surface area contributed by atoms with Crippen LogP contribution in [0, 0.1) is 6.92 Å². The van der Waals surface area contributed by atoms with Gasteiger partial charge in [0.25, 0.3) is 5.91 Å². The van der Waals surface area contributed by atoms with Crippen LogP contribution >= 0.6 is 0 Å². The largest absolute Gasteiger partial charge is 0.451 e. The van der Waals surface area contributed by atoms with Crippen molar-refractivity contribution in [2.45, 2.75) is 51.6 Å². The number of anilines is 1. The molecule has 0 aromatic heterocycles. The third-order valence-corrected chi connectivity index (χ3v) is 4.62. The van der Waals surface area contributed by atoms with Crippen molar-refractivity contribution in [3.63, 3.8) is 0 Å². The third kappa shape index (κ3) is 2.54.